The maximum atomic E-state index is 11.3. The maximum absolute atomic E-state index is 11.3. The van der Waals surface area contributed by atoms with Gasteiger partial charge in [-0.2, -0.15) is 0 Å². The summed E-state index contributed by atoms with van der Waals surface area (Å²) in [6.07, 6.45) is 1.14. The number of carbonyl (C=O) groups excluding carboxylic acids is 1. The van der Waals surface area contributed by atoms with Crippen LogP contribution in [0.4, 0.5) is 0 Å². The number of Topliss-reactive ketones (excluding diaryl/α,β-unsaturated/α-hetero) is 1. The number of thioether (sulfide) groups is 1. The largest absolute Gasteiger partial charge is 0.374 e. The molecule has 0 radical (unpaired) electrons. The first-order valence-corrected chi connectivity index (χ1v) is 5.44. The van der Waals surface area contributed by atoms with Crippen molar-refractivity contribution < 1.29 is 9.72 Å². The molecule has 0 aromatic heterocycles. The zero-order valence-corrected chi connectivity index (χ0v) is 8.73. The number of nitrogens with one attached hydrogen (secondary N) is 1. The molecule has 78 valence electrons. The summed E-state index contributed by atoms with van der Waals surface area (Å²) in [4.78, 5) is 21.4. The van der Waals surface area contributed by atoms with E-state index in [-0.39, 0.29) is 12.1 Å². The van der Waals surface area contributed by atoms with Crippen LogP contribution in [0, 0.1) is 10.1 Å². The second-order valence-electron chi connectivity index (χ2n) is 2.84. The molecule has 0 saturated carbocycles. The third-order valence-electron chi connectivity index (χ3n) is 1.84. The summed E-state index contributed by atoms with van der Waals surface area (Å²) in [6.45, 7) is 2.33. The van der Waals surface area contributed by atoms with Gasteiger partial charge in [0.1, 0.15) is 0 Å². The number of nitrogens with zero attached hydrogens (tertiary/aromatic N) is 1. The first-order chi connectivity index (χ1) is 6.66. The van der Waals surface area contributed by atoms with Gasteiger partial charge >= 0.3 is 5.70 Å². The molecule has 1 N–H and O–H groups in total. The Balaban J connectivity index is 2.94. The molecule has 1 rings (SSSR count). The van der Waals surface area contributed by atoms with Gasteiger partial charge in [-0.3, -0.25) is 14.9 Å². The van der Waals surface area contributed by atoms with Crippen molar-refractivity contribution in [2.75, 3.05) is 12.3 Å². The van der Waals surface area contributed by atoms with Gasteiger partial charge in [0, 0.05) is 18.7 Å². The predicted molar refractivity (Wildman–Crippen MR) is 54.4 cm³/mol. The van der Waals surface area contributed by atoms with E-state index < -0.39 is 10.7 Å². The Labute approximate surface area is 86.1 Å². The van der Waals surface area contributed by atoms with Crippen molar-refractivity contribution in [2.45, 2.75) is 19.8 Å². The van der Waals surface area contributed by atoms with Crippen LogP contribution in [0.1, 0.15) is 19.8 Å². The zero-order valence-electron chi connectivity index (χ0n) is 7.91. The zero-order chi connectivity index (χ0) is 10.6. The topological polar surface area (TPSA) is 72.2 Å². The lowest BCUT2D eigenvalue weighted by molar-refractivity contribution is -0.419. The van der Waals surface area contributed by atoms with Crippen molar-refractivity contribution in [1.29, 1.82) is 0 Å². The number of ketones is 1. The predicted octanol–water partition coefficient (Wildman–Crippen LogP) is 1.14. The first kappa shape index (κ1) is 11.0. The molecule has 0 aliphatic carbocycles. The molecule has 0 bridgehead atoms. The van der Waals surface area contributed by atoms with E-state index in [1.54, 1.807) is 6.92 Å². The summed E-state index contributed by atoms with van der Waals surface area (Å²) in [7, 11) is 0. The minimum absolute atomic E-state index is 0.169. The summed E-state index contributed by atoms with van der Waals surface area (Å²) in [5.74, 6) is 0.420. The highest BCUT2D eigenvalue weighted by molar-refractivity contribution is 8.03. The Morgan fingerprint density at radius 2 is 2.43 bits per heavy atom. The molecule has 0 atom stereocenters. The number of hydrogen-bond donors (Lipinski definition) is 1. The molecule has 0 aromatic carbocycles. The Morgan fingerprint density at radius 3 is 2.86 bits per heavy atom. The molecule has 0 aromatic rings. The molecule has 0 spiro atoms. The van der Waals surface area contributed by atoms with Gasteiger partial charge in [-0.25, -0.2) is 0 Å². The standard InChI is InChI=1S/C8H12N2O3S/c1-2-6(11)7(10(12)13)8-9-4-3-5-14-8/h9H,2-5H2,1H3/b8-7+. The average molecular weight is 216 g/mol. The normalized spacial score (nSPS) is 19.8. The van der Waals surface area contributed by atoms with Gasteiger partial charge in [0.05, 0.1) is 4.92 Å². The fourth-order valence-electron chi connectivity index (χ4n) is 1.13. The molecule has 1 aliphatic heterocycles. The van der Waals surface area contributed by atoms with E-state index in [9.17, 15) is 14.9 Å². The molecule has 5 nitrogen and oxygen atoms in total. The van der Waals surface area contributed by atoms with Crippen LogP contribution < -0.4 is 5.32 Å². The fourth-order valence-corrected chi connectivity index (χ4v) is 2.15. The van der Waals surface area contributed by atoms with Crippen LogP contribution in [0.25, 0.3) is 0 Å². The fraction of sp³-hybridized carbons (Fsp3) is 0.625. The van der Waals surface area contributed by atoms with E-state index in [4.69, 9.17) is 0 Å². The summed E-state index contributed by atoms with van der Waals surface area (Å²) in [5.41, 5.74) is -0.280. The van der Waals surface area contributed by atoms with Crippen molar-refractivity contribution >= 4 is 17.5 Å². The van der Waals surface area contributed by atoms with Crippen LogP contribution in [0.15, 0.2) is 10.7 Å². The van der Waals surface area contributed by atoms with Crippen LogP contribution in [-0.2, 0) is 4.79 Å². The van der Waals surface area contributed by atoms with E-state index in [1.807, 2.05) is 0 Å². The monoisotopic (exact) mass is 216 g/mol. The first-order valence-electron chi connectivity index (χ1n) is 4.45. The number of rotatable bonds is 3. The van der Waals surface area contributed by atoms with Crippen LogP contribution in [0.2, 0.25) is 0 Å². The summed E-state index contributed by atoms with van der Waals surface area (Å²) in [5, 5.41) is 14.0. The van der Waals surface area contributed by atoms with Crippen molar-refractivity contribution in [3.63, 3.8) is 0 Å². The van der Waals surface area contributed by atoms with Gasteiger partial charge in [0.25, 0.3) is 0 Å². The van der Waals surface area contributed by atoms with Crippen LogP contribution in [0.5, 0.6) is 0 Å². The molecule has 14 heavy (non-hydrogen) atoms. The number of allylic oxidation sites excluding steroid dienone is 1. The number of hydrogen-bond acceptors (Lipinski definition) is 5. The highest BCUT2D eigenvalue weighted by Gasteiger charge is 2.27. The molecule has 0 amide bonds. The average Bonchev–Trinajstić information content (AvgIpc) is 2.19. The van der Waals surface area contributed by atoms with Crippen molar-refractivity contribution in [3.8, 4) is 0 Å². The van der Waals surface area contributed by atoms with Gasteiger partial charge in [-0.15, -0.1) is 11.8 Å². The minimum atomic E-state index is -0.591. The molecule has 1 aliphatic rings. The molecule has 1 fully saturated rings. The Kier molecular flexibility index (Phi) is 3.94. The summed E-state index contributed by atoms with van der Waals surface area (Å²) in [6, 6.07) is 0. The molecular weight excluding hydrogens is 204 g/mol. The number of carbonyl (C=O) groups is 1. The van der Waals surface area contributed by atoms with Crippen LogP contribution >= 0.6 is 11.8 Å². The highest BCUT2D eigenvalue weighted by atomic mass is 32.2. The quantitative estimate of drug-likeness (QED) is 0.435. The van der Waals surface area contributed by atoms with E-state index in [2.05, 4.69) is 5.32 Å². The third-order valence-corrected chi connectivity index (χ3v) is 2.96. The van der Waals surface area contributed by atoms with E-state index in [0.717, 1.165) is 12.2 Å². The van der Waals surface area contributed by atoms with E-state index >= 15 is 0 Å². The van der Waals surface area contributed by atoms with Gasteiger partial charge < -0.3 is 5.32 Å². The molecular formula is C8H12N2O3S. The molecule has 1 heterocycles. The second kappa shape index (κ2) is 4.99. The van der Waals surface area contributed by atoms with Gasteiger partial charge in [-0.05, 0) is 6.42 Å². The molecule has 1 saturated heterocycles. The van der Waals surface area contributed by atoms with E-state index in [1.165, 1.54) is 11.8 Å². The summed E-state index contributed by atoms with van der Waals surface area (Å²) >= 11 is 1.35. The lowest BCUT2D eigenvalue weighted by atomic mass is 10.2. The highest BCUT2D eigenvalue weighted by Crippen LogP contribution is 2.23. The smallest absolute Gasteiger partial charge is 0.341 e. The van der Waals surface area contributed by atoms with Crippen LogP contribution in [0.3, 0.4) is 0 Å². The lowest BCUT2D eigenvalue weighted by Gasteiger charge is -2.15. The lowest BCUT2D eigenvalue weighted by Crippen LogP contribution is -2.25. The van der Waals surface area contributed by atoms with Gasteiger partial charge in [-0.1, -0.05) is 6.92 Å². The summed E-state index contributed by atoms with van der Waals surface area (Å²) < 4.78 is 0. The third kappa shape index (κ3) is 2.47. The van der Waals surface area contributed by atoms with E-state index in [0.29, 0.717) is 11.6 Å². The van der Waals surface area contributed by atoms with Gasteiger partial charge in [0.2, 0.25) is 5.78 Å². The Morgan fingerprint density at radius 1 is 1.71 bits per heavy atom. The number of nitro groups is 1. The second-order valence-corrected chi connectivity index (χ2v) is 3.95. The van der Waals surface area contributed by atoms with Gasteiger partial charge in [0.15, 0.2) is 5.03 Å². The Hall–Kier alpha value is -1.04. The Bertz CT molecular complexity index is 280. The van der Waals surface area contributed by atoms with Crippen molar-refractivity contribution in [3.05, 3.63) is 20.8 Å². The minimum Gasteiger partial charge on any atom is -0.374 e. The van der Waals surface area contributed by atoms with Crippen molar-refractivity contribution in [1.82, 2.24) is 5.32 Å². The molecule has 6 heteroatoms. The SMILES string of the molecule is CCC(=O)/C(=C1/NCCCS1)[N+](=O)[O-]. The molecule has 0 unspecified atom stereocenters. The maximum Gasteiger partial charge on any atom is 0.341 e. The van der Waals surface area contributed by atoms with Crippen LogP contribution in [-0.4, -0.2) is 23.0 Å². The van der Waals surface area contributed by atoms with Crippen molar-refractivity contribution in [2.24, 2.45) is 0 Å².